The van der Waals surface area contributed by atoms with Gasteiger partial charge in [0.1, 0.15) is 23.4 Å². The fourth-order valence-electron chi connectivity index (χ4n) is 10.1. The van der Waals surface area contributed by atoms with Gasteiger partial charge in [-0.15, -0.1) is 0 Å². The zero-order valence-corrected chi connectivity index (χ0v) is 34.6. The third kappa shape index (κ3) is 6.41. The van der Waals surface area contributed by atoms with Crippen LogP contribution < -0.4 is 35.8 Å². The molecule has 316 valence electrons. The summed E-state index contributed by atoms with van der Waals surface area (Å²) >= 11 is 0. The topological polar surface area (TPSA) is 136 Å². The Morgan fingerprint density at radius 3 is 2.27 bits per heavy atom. The molecule has 14 nitrogen and oxygen atoms in total. The van der Waals surface area contributed by atoms with Crippen molar-refractivity contribution in [2.24, 2.45) is 25.4 Å². The van der Waals surface area contributed by atoms with E-state index in [1.807, 2.05) is 30.3 Å². The maximum Gasteiger partial charge on any atom is 0.329 e. The van der Waals surface area contributed by atoms with Gasteiger partial charge in [0.2, 0.25) is 11.8 Å². The van der Waals surface area contributed by atoms with Crippen molar-refractivity contribution in [3.63, 3.8) is 0 Å². The quantitative estimate of drug-likeness (QED) is 0.217. The van der Waals surface area contributed by atoms with Gasteiger partial charge in [-0.25, -0.2) is 18.6 Å². The Kier molecular flexibility index (Phi) is 9.75. The predicted octanol–water partition coefficient (Wildman–Crippen LogP) is 4.83. The van der Waals surface area contributed by atoms with Crippen LogP contribution in [0.2, 0.25) is 0 Å². The number of rotatable bonds is 8. The second-order valence-electron chi connectivity index (χ2n) is 17.2. The smallest absolute Gasteiger partial charge is 0.329 e. The summed E-state index contributed by atoms with van der Waals surface area (Å²) < 4.78 is 49.6. The molecule has 16 heteroatoms. The molecule has 1 unspecified atom stereocenters. The van der Waals surface area contributed by atoms with E-state index >= 15 is 8.78 Å². The number of amides is 2. The van der Waals surface area contributed by atoms with E-state index in [0.717, 1.165) is 41.1 Å². The monoisotopic (exact) mass is 824 g/mol. The lowest BCUT2D eigenvalue weighted by molar-refractivity contribution is -0.179. The molecule has 1 atom stereocenters. The fraction of sp³-hybridized carbons (Fsp3) is 0.477. The molecule has 5 aromatic rings. The maximum atomic E-state index is 16.6. The molecule has 4 saturated heterocycles. The molecule has 1 N–H and O–H groups in total. The molecule has 4 aliphatic heterocycles. The molecule has 1 spiro atoms. The first kappa shape index (κ1) is 39.7. The Morgan fingerprint density at radius 2 is 1.62 bits per heavy atom. The van der Waals surface area contributed by atoms with E-state index in [2.05, 4.69) is 27.0 Å². The summed E-state index contributed by atoms with van der Waals surface area (Å²) in [4.78, 5) is 62.0. The molecule has 0 saturated carbocycles. The highest BCUT2D eigenvalue weighted by Crippen LogP contribution is 2.52. The van der Waals surface area contributed by atoms with Crippen LogP contribution in [0.5, 0.6) is 11.5 Å². The molecule has 60 heavy (non-hydrogen) atoms. The van der Waals surface area contributed by atoms with Gasteiger partial charge in [0, 0.05) is 82.0 Å². The van der Waals surface area contributed by atoms with Crippen LogP contribution in [-0.2, 0) is 30.2 Å². The van der Waals surface area contributed by atoms with Crippen LogP contribution in [0.25, 0.3) is 32.9 Å². The molecule has 0 aliphatic carbocycles. The van der Waals surface area contributed by atoms with Crippen molar-refractivity contribution < 1.29 is 27.8 Å². The number of carbonyl (C=O) groups excluding carboxylic acids is 2. The average molecular weight is 825 g/mol. The molecule has 4 fully saturated rings. The van der Waals surface area contributed by atoms with E-state index in [-0.39, 0.29) is 49.4 Å². The highest BCUT2D eigenvalue weighted by Gasteiger charge is 2.57. The van der Waals surface area contributed by atoms with Gasteiger partial charge in [-0.3, -0.25) is 33.7 Å². The van der Waals surface area contributed by atoms with Gasteiger partial charge in [-0.2, -0.15) is 0 Å². The van der Waals surface area contributed by atoms with Crippen molar-refractivity contribution in [3.05, 3.63) is 75.2 Å². The number of alkyl halides is 2. The lowest BCUT2D eigenvalue weighted by Crippen LogP contribution is -2.59. The zero-order valence-electron chi connectivity index (χ0n) is 34.6. The summed E-state index contributed by atoms with van der Waals surface area (Å²) in [7, 11) is 6.48. The lowest BCUT2D eigenvalue weighted by Gasteiger charge is -2.51. The SMILES string of the molecule is COc1cc(-c2cn(C)c(=O)c3cnc(N4CC(C)C4)cc23)cc(OC)c1CN1CCC2(CCN(c3cccc4c3n(C)c(=O)n4C3CCC(=O)NC3=O)CC2)C(F)(F)C1. The molecule has 2 aromatic carbocycles. The minimum absolute atomic E-state index is 0.139. The average Bonchev–Trinajstić information content (AvgIpc) is 3.48. The van der Waals surface area contributed by atoms with E-state index < -0.39 is 29.8 Å². The Morgan fingerprint density at radius 1 is 0.917 bits per heavy atom. The fourth-order valence-corrected chi connectivity index (χ4v) is 10.1. The highest BCUT2D eigenvalue weighted by molar-refractivity contribution is 6.01. The van der Waals surface area contributed by atoms with Gasteiger partial charge in [-0.05, 0) is 74.0 Å². The number of ether oxygens (including phenoxy) is 2. The van der Waals surface area contributed by atoms with E-state index in [4.69, 9.17) is 9.47 Å². The number of nitrogens with one attached hydrogen (secondary N) is 1. The van der Waals surface area contributed by atoms with E-state index in [0.29, 0.717) is 65.5 Å². The second kappa shape index (κ2) is 14.7. The first-order valence-corrected chi connectivity index (χ1v) is 20.6. The summed E-state index contributed by atoms with van der Waals surface area (Å²) in [5.41, 5.74) is 2.47. The van der Waals surface area contributed by atoms with Crippen molar-refractivity contribution in [2.75, 3.05) is 63.3 Å². The molecule has 4 aliphatic rings. The van der Waals surface area contributed by atoms with Crippen LogP contribution >= 0.6 is 0 Å². The summed E-state index contributed by atoms with van der Waals surface area (Å²) in [6, 6.07) is 10.4. The van der Waals surface area contributed by atoms with Crippen molar-refractivity contribution in [1.82, 2.24) is 28.9 Å². The number of likely N-dealkylation sites (tertiary alicyclic amines) is 1. The lowest BCUT2D eigenvalue weighted by atomic mass is 9.68. The van der Waals surface area contributed by atoms with Crippen molar-refractivity contribution in [2.45, 2.75) is 57.5 Å². The molecular formula is C44H50F2N8O6. The molecule has 0 bridgehead atoms. The van der Waals surface area contributed by atoms with Crippen molar-refractivity contribution >= 4 is 45.1 Å². The molecule has 0 radical (unpaired) electrons. The van der Waals surface area contributed by atoms with Crippen molar-refractivity contribution in [3.8, 4) is 22.6 Å². The Bertz CT molecular complexity index is 2650. The van der Waals surface area contributed by atoms with Crippen LogP contribution in [0.15, 0.2) is 58.4 Å². The van der Waals surface area contributed by atoms with Crippen LogP contribution in [0.3, 0.4) is 0 Å². The number of imide groups is 1. The number of nitrogens with zero attached hydrogens (tertiary/aromatic N) is 7. The van der Waals surface area contributed by atoms with Crippen LogP contribution in [0.1, 0.15) is 50.6 Å². The number of piperidine rings is 3. The number of methoxy groups -OCH3 is 2. The Hall–Kier alpha value is -5.77. The summed E-state index contributed by atoms with van der Waals surface area (Å²) in [5, 5.41) is 3.60. The van der Waals surface area contributed by atoms with Crippen LogP contribution in [0.4, 0.5) is 20.3 Å². The number of aromatic nitrogens is 4. The highest BCUT2D eigenvalue weighted by atomic mass is 19.3. The number of aryl methyl sites for hydroxylation is 2. The Balaban J connectivity index is 0.942. The number of hydrogen-bond acceptors (Lipinski definition) is 10. The van der Waals surface area contributed by atoms with Gasteiger partial charge in [0.15, 0.2) is 0 Å². The largest absolute Gasteiger partial charge is 0.496 e. The second-order valence-corrected chi connectivity index (χ2v) is 17.2. The van der Waals surface area contributed by atoms with Crippen LogP contribution in [0, 0.1) is 11.3 Å². The van der Waals surface area contributed by atoms with Gasteiger partial charge in [-0.1, -0.05) is 13.0 Å². The van der Waals surface area contributed by atoms with Gasteiger partial charge >= 0.3 is 5.69 Å². The zero-order chi connectivity index (χ0) is 42.2. The minimum Gasteiger partial charge on any atom is -0.496 e. The number of para-hydroxylation sites is 1. The summed E-state index contributed by atoms with van der Waals surface area (Å²) in [6.07, 6.45) is 4.66. The van der Waals surface area contributed by atoms with Gasteiger partial charge < -0.3 is 23.8 Å². The first-order valence-electron chi connectivity index (χ1n) is 20.6. The van der Waals surface area contributed by atoms with Gasteiger partial charge in [0.25, 0.3) is 11.5 Å². The molecular weight excluding hydrogens is 775 g/mol. The first-order chi connectivity index (χ1) is 28.7. The number of anilines is 2. The number of halogens is 2. The predicted molar refractivity (Wildman–Crippen MR) is 224 cm³/mol. The Labute approximate surface area is 345 Å². The number of hydrogen-bond donors (Lipinski definition) is 1. The minimum atomic E-state index is -2.99. The van der Waals surface area contributed by atoms with E-state index in [9.17, 15) is 19.2 Å². The number of pyridine rings is 2. The summed E-state index contributed by atoms with van der Waals surface area (Å²) in [6.45, 7) is 4.97. The standard InChI is InChI=1S/C44H50F2N8O6/c1-26-21-53(22-26)37-19-28-29(20-47-37)41(57)49(2)23-30(28)27-17-35(59-4)31(36(18-27)60-5)24-51-14-11-43(44(45,46)25-51)12-15-52(16-13-43)32-7-6-8-33-39(32)50(3)42(58)54(33)34-9-10-38(55)48-40(34)56/h6-8,17-20,23,26,34H,9-16,21-22,24-25H2,1-5H3,(H,48,55,56). The number of benzene rings is 2. The number of imidazole rings is 1. The molecule has 2 amide bonds. The van der Waals surface area contributed by atoms with Crippen molar-refractivity contribution in [1.29, 1.82) is 0 Å². The maximum absolute atomic E-state index is 16.6. The number of carbonyl (C=O) groups is 2. The third-order valence-corrected chi connectivity index (χ3v) is 13.5. The molecule has 3 aromatic heterocycles. The summed E-state index contributed by atoms with van der Waals surface area (Å²) in [5.74, 6) is -1.46. The number of fused-ring (bicyclic) bond motifs is 2. The van der Waals surface area contributed by atoms with Crippen LogP contribution in [-0.4, -0.2) is 94.8 Å². The third-order valence-electron chi connectivity index (χ3n) is 13.5. The van der Waals surface area contributed by atoms with Gasteiger partial charge in [0.05, 0.1) is 48.4 Å². The normalized spacial score (nSPS) is 20.8. The van der Waals surface area contributed by atoms with E-state index in [1.165, 1.54) is 13.7 Å². The molecule has 9 rings (SSSR count). The van der Waals surface area contributed by atoms with E-state index in [1.54, 1.807) is 51.7 Å². The molecule has 7 heterocycles.